The maximum absolute atomic E-state index is 12.2. The van der Waals surface area contributed by atoms with E-state index >= 15 is 0 Å². The van der Waals surface area contributed by atoms with Gasteiger partial charge in [-0.05, 0) is 26.7 Å². The molecule has 0 spiro atoms. The molecule has 19 heavy (non-hydrogen) atoms. The van der Waals surface area contributed by atoms with E-state index in [-0.39, 0.29) is 11.9 Å². The van der Waals surface area contributed by atoms with Crippen molar-refractivity contribution in [3.63, 3.8) is 0 Å². The van der Waals surface area contributed by atoms with Crippen molar-refractivity contribution in [2.24, 2.45) is 7.05 Å². The number of carbonyl (C=O) groups is 1. The van der Waals surface area contributed by atoms with Gasteiger partial charge in [0.25, 0.3) is 0 Å². The van der Waals surface area contributed by atoms with Crippen LogP contribution < -0.4 is 5.32 Å². The number of aromatic nitrogens is 2. The summed E-state index contributed by atoms with van der Waals surface area (Å²) in [5.41, 5.74) is 1.18. The van der Waals surface area contributed by atoms with Gasteiger partial charge in [0.15, 0.2) is 0 Å². The van der Waals surface area contributed by atoms with E-state index in [4.69, 9.17) is 5.26 Å². The Bertz CT molecular complexity index is 522. The standard InChI is InChI=1S/C13H19N5O/c1-9-11(8-14)12(17(3)16-9)15-10(2)13(19)18-6-4-5-7-18/h10,15H,4-7H2,1-3H3. The van der Waals surface area contributed by atoms with Crippen LogP contribution >= 0.6 is 0 Å². The highest BCUT2D eigenvalue weighted by Crippen LogP contribution is 2.19. The molecule has 0 saturated carbocycles. The van der Waals surface area contributed by atoms with Crippen LogP contribution in [0.25, 0.3) is 0 Å². The highest BCUT2D eigenvalue weighted by atomic mass is 16.2. The Balaban J connectivity index is 2.12. The zero-order chi connectivity index (χ0) is 14.0. The van der Waals surface area contributed by atoms with Crippen LogP contribution in [0, 0.1) is 18.3 Å². The van der Waals surface area contributed by atoms with Crippen LogP contribution in [0.2, 0.25) is 0 Å². The number of hydrogen-bond acceptors (Lipinski definition) is 4. The largest absolute Gasteiger partial charge is 0.358 e. The maximum Gasteiger partial charge on any atom is 0.244 e. The molecule has 1 aliphatic rings. The number of rotatable bonds is 3. The molecule has 6 nitrogen and oxygen atoms in total. The molecule has 2 heterocycles. The fourth-order valence-electron chi connectivity index (χ4n) is 2.44. The summed E-state index contributed by atoms with van der Waals surface area (Å²) in [6.45, 7) is 5.28. The average molecular weight is 261 g/mol. The van der Waals surface area contributed by atoms with Crippen LogP contribution in [0.5, 0.6) is 0 Å². The predicted octanol–water partition coefficient (Wildman–Crippen LogP) is 1.02. The van der Waals surface area contributed by atoms with Crippen molar-refractivity contribution >= 4 is 11.7 Å². The Morgan fingerprint density at radius 3 is 2.68 bits per heavy atom. The van der Waals surface area contributed by atoms with Gasteiger partial charge in [0.05, 0.1) is 5.69 Å². The molecule has 2 rings (SSSR count). The van der Waals surface area contributed by atoms with E-state index < -0.39 is 0 Å². The van der Waals surface area contributed by atoms with Gasteiger partial charge in [0.1, 0.15) is 23.5 Å². The predicted molar refractivity (Wildman–Crippen MR) is 71.6 cm³/mol. The van der Waals surface area contributed by atoms with Gasteiger partial charge in [-0.25, -0.2) is 0 Å². The summed E-state index contributed by atoms with van der Waals surface area (Å²) in [5.74, 6) is 0.695. The van der Waals surface area contributed by atoms with E-state index in [1.54, 1.807) is 18.7 Å². The van der Waals surface area contributed by atoms with Crippen LogP contribution in [0.4, 0.5) is 5.82 Å². The fraction of sp³-hybridized carbons (Fsp3) is 0.615. The van der Waals surface area contributed by atoms with Crippen molar-refractivity contribution in [2.75, 3.05) is 18.4 Å². The molecule has 1 unspecified atom stereocenters. The first-order chi connectivity index (χ1) is 9.04. The summed E-state index contributed by atoms with van der Waals surface area (Å²) in [4.78, 5) is 14.1. The molecular weight excluding hydrogens is 242 g/mol. The van der Waals surface area contributed by atoms with Crippen molar-refractivity contribution in [3.8, 4) is 6.07 Å². The first-order valence-corrected chi connectivity index (χ1v) is 6.53. The van der Waals surface area contributed by atoms with Gasteiger partial charge >= 0.3 is 0 Å². The Labute approximate surface area is 113 Å². The van der Waals surface area contributed by atoms with Crippen LogP contribution in [0.1, 0.15) is 31.0 Å². The first-order valence-electron chi connectivity index (χ1n) is 6.53. The monoisotopic (exact) mass is 261 g/mol. The van der Waals surface area contributed by atoms with Crippen LogP contribution in [-0.4, -0.2) is 39.7 Å². The molecule has 0 bridgehead atoms. The maximum atomic E-state index is 12.2. The van der Waals surface area contributed by atoms with Crippen molar-refractivity contribution in [1.29, 1.82) is 5.26 Å². The molecule has 1 atom stereocenters. The number of nitrogens with zero attached hydrogens (tertiary/aromatic N) is 4. The summed E-state index contributed by atoms with van der Waals surface area (Å²) < 4.78 is 1.61. The van der Waals surface area contributed by atoms with Gasteiger partial charge < -0.3 is 10.2 Å². The van der Waals surface area contributed by atoms with Crippen molar-refractivity contribution in [1.82, 2.24) is 14.7 Å². The third-order valence-corrected chi connectivity index (χ3v) is 3.48. The SMILES string of the molecule is Cc1nn(C)c(NC(C)C(=O)N2CCCC2)c1C#N. The lowest BCUT2D eigenvalue weighted by molar-refractivity contribution is -0.130. The van der Waals surface area contributed by atoms with Gasteiger partial charge in [0.2, 0.25) is 5.91 Å². The molecule has 1 fully saturated rings. The lowest BCUT2D eigenvalue weighted by atomic mass is 10.2. The minimum atomic E-state index is -0.347. The summed E-state index contributed by atoms with van der Waals surface area (Å²) in [6.07, 6.45) is 2.15. The molecule has 1 amide bonds. The number of nitrogens with one attached hydrogen (secondary N) is 1. The van der Waals surface area contributed by atoms with Gasteiger partial charge in [-0.3, -0.25) is 9.48 Å². The Hall–Kier alpha value is -2.03. The second kappa shape index (κ2) is 5.31. The van der Waals surface area contributed by atoms with E-state index in [0.29, 0.717) is 17.1 Å². The molecule has 0 aliphatic carbocycles. The van der Waals surface area contributed by atoms with E-state index in [9.17, 15) is 4.79 Å². The molecule has 0 radical (unpaired) electrons. The quantitative estimate of drug-likeness (QED) is 0.881. The minimum Gasteiger partial charge on any atom is -0.358 e. The Kier molecular flexibility index (Phi) is 3.74. The fourth-order valence-corrected chi connectivity index (χ4v) is 2.44. The molecule has 1 aromatic heterocycles. The summed E-state index contributed by atoms with van der Waals surface area (Å²) in [5, 5.41) is 16.4. The zero-order valence-electron chi connectivity index (χ0n) is 11.6. The number of carbonyl (C=O) groups excluding carboxylic acids is 1. The number of nitriles is 1. The third-order valence-electron chi connectivity index (χ3n) is 3.48. The van der Waals surface area contributed by atoms with Crippen molar-refractivity contribution in [3.05, 3.63) is 11.3 Å². The van der Waals surface area contributed by atoms with E-state index in [1.165, 1.54) is 0 Å². The van der Waals surface area contributed by atoms with Gasteiger partial charge in [-0.15, -0.1) is 0 Å². The summed E-state index contributed by atoms with van der Waals surface area (Å²) >= 11 is 0. The highest BCUT2D eigenvalue weighted by molar-refractivity contribution is 5.84. The van der Waals surface area contributed by atoms with Crippen LogP contribution in [-0.2, 0) is 11.8 Å². The summed E-state index contributed by atoms with van der Waals surface area (Å²) in [6, 6.07) is 1.78. The van der Waals surface area contributed by atoms with Gasteiger partial charge in [0, 0.05) is 20.1 Å². The number of anilines is 1. The lowest BCUT2D eigenvalue weighted by Gasteiger charge is -2.21. The number of amides is 1. The number of likely N-dealkylation sites (tertiary alicyclic amines) is 1. The van der Waals surface area contributed by atoms with Crippen molar-refractivity contribution in [2.45, 2.75) is 32.7 Å². The molecule has 1 aliphatic heterocycles. The van der Waals surface area contributed by atoms with E-state index in [2.05, 4.69) is 16.5 Å². The Morgan fingerprint density at radius 1 is 1.47 bits per heavy atom. The molecule has 102 valence electrons. The number of hydrogen-bond donors (Lipinski definition) is 1. The van der Waals surface area contributed by atoms with Gasteiger partial charge in [-0.1, -0.05) is 0 Å². The average Bonchev–Trinajstić information content (AvgIpc) is 2.98. The molecule has 1 N–H and O–H groups in total. The highest BCUT2D eigenvalue weighted by Gasteiger charge is 2.25. The second-order valence-electron chi connectivity index (χ2n) is 4.94. The second-order valence-corrected chi connectivity index (χ2v) is 4.94. The smallest absolute Gasteiger partial charge is 0.244 e. The first kappa shape index (κ1) is 13.4. The molecule has 6 heteroatoms. The van der Waals surface area contributed by atoms with Crippen LogP contribution in [0.3, 0.4) is 0 Å². The normalized spacial score (nSPS) is 16.2. The number of aryl methyl sites for hydroxylation is 2. The topological polar surface area (TPSA) is 74.0 Å². The Morgan fingerprint density at radius 2 is 2.11 bits per heavy atom. The molecule has 1 saturated heterocycles. The van der Waals surface area contributed by atoms with Crippen molar-refractivity contribution < 1.29 is 4.79 Å². The van der Waals surface area contributed by atoms with E-state index in [1.807, 2.05) is 11.8 Å². The third kappa shape index (κ3) is 2.55. The van der Waals surface area contributed by atoms with Gasteiger partial charge in [-0.2, -0.15) is 10.4 Å². The molecular formula is C13H19N5O. The molecule has 1 aromatic rings. The zero-order valence-corrected chi connectivity index (χ0v) is 11.6. The van der Waals surface area contributed by atoms with E-state index in [0.717, 1.165) is 25.9 Å². The van der Waals surface area contributed by atoms with Crippen LogP contribution in [0.15, 0.2) is 0 Å². The molecule has 0 aromatic carbocycles. The lowest BCUT2D eigenvalue weighted by Crippen LogP contribution is -2.40. The minimum absolute atomic E-state index is 0.0836. The summed E-state index contributed by atoms with van der Waals surface area (Å²) in [7, 11) is 1.77.